The van der Waals surface area contributed by atoms with E-state index in [1.165, 1.54) is 13.2 Å². The zero-order chi connectivity index (χ0) is 14.7. The lowest BCUT2D eigenvalue weighted by Crippen LogP contribution is -2.11. The largest absolute Gasteiger partial charge is 0.464 e. The Bertz CT molecular complexity index is 637. The second kappa shape index (κ2) is 5.73. The molecule has 1 aromatic carbocycles. The average molecular weight is 277 g/mol. The van der Waals surface area contributed by atoms with Crippen LogP contribution in [0.15, 0.2) is 24.3 Å². The summed E-state index contributed by atoms with van der Waals surface area (Å²) in [6, 6.07) is 6.43. The summed E-state index contributed by atoms with van der Waals surface area (Å²) in [5, 5.41) is 0. The molecule has 106 valence electrons. The number of hydrogen-bond acceptors (Lipinski definition) is 4. The molecule has 0 bridgehead atoms. The lowest BCUT2D eigenvalue weighted by atomic mass is 10.2. The lowest BCUT2D eigenvalue weighted by Gasteiger charge is -2.09. The number of rotatable bonds is 4. The molecule has 0 atom stereocenters. The minimum absolute atomic E-state index is 0.0701. The van der Waals surface area contributed by atoms with Gasteiger partial charge >= 0.3 is 5.97 Å². The highest BCUT2D eigenvalue weighted by molar-refractivity contribution is 5.92. The molecule has 0 fully saturated rings. The molecule has 0 spiro atoms. The number of benzene rings is 1. The summed E-state index contributed by atoms with van der Waals surface area (Å²) >= 11 is 0. The maximum absolute atomic E-state index is 13.7. The van der Waals surface area contributed by atoms with Crippen molar-refractivity contribution in [3.63, 3.8) is 0 Å². The molecule has 2 aromatic rings. The quantitative estimate of drug-likeness (QED) is 0.868. The van der Waals surface area contributed by atoms with E-state index in [4.69, 9.17) is 5.73 Å². The van der Waals surface area contributed by atoms with Crippen molar-refractivity contribution in [1.82, 2.24) is 9.55 Å². The Morgan fingerprint density at radius 2 is 2.15 bits per heavy atom. The molecule has 0 radical (unpaired) electrons. The highest BCUT2D eigenvalue weighted by Gasteiger charge is 2.20. The Hall–Kier alpha value is -2.37. The highest BCUT2D eigenvalue weighted by atomic mass is 19.1. The molecule has 0 unspecified atom stereocenters. The number of imidazole rings is 1. The number of carbonyl (C=O) groups excluding carboxylic acids is 1. The van der Waals surface area contributed by atoms with Crippen LogP contribution in [-0.4, -0.2) is 22.6 Å². The van der Waals surface area contributed by atoms with Gasteiger partial charge in [0.25, 0.3) is 0 Å². The molecule has 5 nitrogen and oxygen atoms in total. The van der Waals surface area contributed by atoms with E-state index < -0.39 is 5.97 Å². The van der Waals surface area contributed by atoms with E-state index >= 15 is 0 Å². The standard InChI is InChI=1S/C14H16FN3O2/c1-3-11-17-12(14(19)20-2)13(16)18(11)8-9-6-4-5-7-10(9)15/h4-7H,3,8,16H2,1-2H3. The molecule has 0 saturated carbocycles. The van der Waals surface area contributed by atoms with Crippen molar-refractivity contribution >= 4 is 11.8 Å². The Kier molecular flexibility index (Phi) is 4.02. The second-order valence-corrected chi connectivity index (χ2v) is 4.28. The number of hydrogen-bond donors (Lipinski definition) is 1. The number of aryl methyl sites for hydroxylation is 1. The summed E-state index contributed by atoms with van der Waals surface area (Å²) in [6.45, 7) is 2.12. The van der Waals surface area contributed by atoms with E-state index in [9.17, 15) is 9.18 Å². The van der Waals surface area contributed by atoms with Gasteiger partial charge in [-0.2, -0.15) is 0 Å². The summed E-state index contributed by atoms with van der Waals surface area (Å²) in [7, 11) is 1.27. The summed E-state index contributed by atoms with van der Waals surface area (Å²) in [4.78, 5) is 15.7. The smallest absolute Gasteiger partial charge is 0.360 e. The van der Waals surface area contributed by atoms with Crippen LogP contribution in [0.2, 0.25) is 0 Å². The minimum Gasteiger partial charge on any atom is -0.464 e. The van der Waals surface area contributed by atoms with Crippen LogP contribution in [0, 0.1) is 5.82 Å². The van der Waals surface area contributed by atoms with Crippen LogP contribution < -0.4 is 5.73 Å². The highest BCUT2D eigenvalue weighted by Crippen LogP contribution is 2.19. The normalized spacial score (nSPS) is 10.6. The molecule has 20 heavy (non-hydrogen) atoms. The van der Waals surface area contributed by atoms with Crippen molar-refractivity contribution in [2.24, 2.45) is 0 Å². The van der Waals surface area contributed by atoms with Crippen LogP contribution in [-0.2, 0) is 17.7 Å². The molecular weight excluding hydrogens is 261 g/mol. The third-order valence-electron chi connectivity index (χ3n) is 3.07. The van der Waals surface area contributed by atoms with E-state index in [2.05, 4.69) is 9.72 Å². The molecule has 0 amide bonds. The van der Waals surface area contributed by atoms with Gasteiger partial charge in [0, 0.05) is 12.0 Å². The topological polar surface area (TPSA) is 70.1 Å². The van der Waals surface area contributed by atoms with Gasteiger partial charge in [0.15, 0.2) is 5.69 Å². The maximum atomic E-state index is 13.7. The van der Waals surface area contributed by atoms with Gasteiger partial charge in [-0.05, 0) is 6.07 Å². The van der Waals surface area contributed by atoms with Crippen LogP contribution in [0.25, 0.3) is 0 Å². The predicted octanol–water partition coefficient (Wildman–Crippen LogP) is 2.00. The van der Waals surface area contributed by atoms with Crippen LogP contribution in [0.1, 0.15) is 28.8 Å². The lowest BCUT2D eigenvalue weighted by molar-refractivity contribution is 0.0595. The van der Waals surface area contributed by atoms with Crippen molar-refractivity contribution in [2.75, 3.05) is 12.8 Å². The number of nitrogens with zero attached hydrogens (tertiary/aromatic N) is 2. The van der Waals surface area contributed by atoms with E-state index in [0.29, 0.717) is 17.8 Å². The molecule has 2 N–H and O–H groups in total. The zero-order valence-electron chi connectivity index (χ0n) is 11.4. The number of esters is 1. The van der Waals surface area contributed by atoms with E-state index in [-0.39, 0.29) is 23.9 Å². The van der Waals surface area contributed by atoms with Crippen molar-refractivity contribution in [2.45, 2.75) is 19.9 Å². The first-order valence-electron chi connectivity index (χ1n) is 6.25. The number of nitrogen functional groups attached to an aromatic ring is 1. The van der Waals surface area contributed by atoms with Crippen LogP contribution in [0.4, 0.5) is 10.2 Å². The molecule has 6 heteroatoms. The third-order valence-corrected chi connectivity index (χ3v) is 3.07. The third kappa shape index (κ3) is 2.49. The van der Waals surface area contributed by atoms with Gasteiger partial charge in [-0.1, -0.05) is 25.1 Å². The van der Waals surface area contributed by atoms with E-state index in [1.807, 2.05) is 6.92 Å². The van der Waals surface area contributed by atoms with Gasteiger partial charge in [-0.15, -0.1) is 0 Å². The fourth-order valence-electron chi connectivity index (χ4n) is 2.00. The van der Waals surface area contributed by atoms with Crippen molar-refractivity contribution in [1.29, 1.82) is 0 Å². The Morgan fingerprint density at radius 1 is 1.45 bits per heavy atom. The Balaban J connectivity index is 2.43. The van der Waals surface area contributed by atoms with Crippen LogP contribution in [0.5, 0.6) is 0 Å². The van der Waals surface area contributed by atoms with Crippen LogP contribution >= 0.6 is 0 Å². The molecule has 0 aliphatic carbocycles. The number of halogens is 1. The molecule has 0 saturated heterocycles. The van der Waals surface area contributed by atoms with Gasteiger partial charge in [0.05, 0.1) is 13.7 Å². The minimum atomic E-state index is -0.593. The fraction of sp³-hybridized carbons (Fsp3) is 0.286. The number of aromatic nitrogens is 2. The van der Waals surface area contributed by atoms with Gasteiger partial charge in [-0.3, -0.25) is 0 Å². The maximum Gasteiger partial charge on any atom is 0.360 e. The SMILES string of the molecule is CCc1nc(C(=O)OC)c(N)n1Cc1ccccc1F. The number of nitrogens with two attached hydrogens (primary N) is 1. The number of anilines is 1. The van der Waals surface area contributed by atoms with Gasteiger partial charge in [0.2, 0.25) is 0 Å². The summed E-state index contributed by atoms with van der Waals surface area (Å²) in [5.74, 6) is -0.102. The molecular formula is C14H16FN3O2. The molecule has 1 heterocycles. The fourth-order valence-corrected chi connectivity index (χ4v) is 2.00. The van der Waals surface area contributed by atoms with Crippen molar-refractivity contribution in [3.8, 4) is 0 Å². The van der Waals surface area contributed by atoms with Crippen molar-refractivity contribution < 1.29 is 13.9 Å². The first-order chi connectivity index (χ1) is 9.58. The molecule has 0 aliphatic rings. The van der Waals surface area contributed by atoms with E-state index in [0.717, 1.165) is 0 Å². The van der Waals surface area contributed by atoms with E-state index in [1.54, 1.807) is 22.8 Å². The molecule has 1 aromatic heterocycles. The second-order valence-electron chi connectivity index (χ2n) is 4.28. The van der Waals surface area contributed by atoms with Crippen molar-refractivity contribution in [3.05, 3.63) is 47.2 Å². The summed E-state index contributed by atoms with van der Waals surface area (Å²) < 4.78 is 20.0. The number of methoxy groups -OCH3 is 1. The Morgan fingerprint density at radius 3 is 2.75 bits per heavy atom. The van der Waals surface area contributed by atoms with Gasteiger partial charge < -0.3 is 15.0 Å². The average Bonchev–Trinajstić information content (AvgIpc) is 2.77. The first-order valence-corrected chi connectivity index (χ1v) is 6.25. The number of carbonyl (C=O) groups is 1. The molecule has 0 aliphatic heterocycles. The monoisotopic (exact) mass is 277 g/mol. The summed E-state index contributed by atoms with van der Waals surface area (Å²) in [5.41, 5.74) is 6.49. The predicted molar refractivity (Wildman–Crippen MR) is 72.9 cm³/mol. The number of ether oxygens (including phenoxy) is 1. The van der Waals surface area contributed by atoms with Gasteiger partial charge in [0.1, 0.15) is 17.5 Å². The van der Waals surface area contributed by atoms with Gasteiger partial charge in [-0.25, -0.2) is 14.2 Å². The Labute approximate surface area is 116 Å². The summed E-state index contributed by atoms with van der Waals surface area (Å²) in [6.07, 6.45) is 0.579. The van der Waals surface area contributed by atoms with Crippen LogP contribution in [0.3, 0.4) is 0 Å². The molecule has 2 rings (SSSR count). The zero-order valence-corrected chi connectivity index (χ0v) is 11.4. The first kappa shape index (κ1) is 14.0.